The number of rotatable bonds is 2. The first-order valence-electron chi connectivity index (χ1n) is 5.20. The third-order valence-electron chi connectivity index (χ3n) is 2.65. The topological polar surface area (TPSA) is 43.8 Å². The summed E-state index contributed by atoms with van der Waals surface area (Å²) in [6.45, 7) is 2.07. The Labute approximate surface area is 99.8 Å². The van der Waals surface area contributed by atoms with Crippen LogP contribution in [0.3, 0.4) is 0 Å². The van der Waals surface area contributed by atoms with Gasteiger partial charge in [0.25, 0.3) is 0 Å². The number of aryl methyl sites for hydroxylation is 1. The lowest BCUT2D eigenvalue weighted by Crippen LogP contribution is -1.98. The van der Waals surface area contributed by atoms with Gasteiger partial charge in [-0.3, -0.25) is 4.68 Å². The van der Waals surface area contributed by atoms with E-state index in [1.165, 1.54) is 0 Å². The van der Waals surface area contributed by atoms with Gasteiger partial charge >= 0.3 is 0 Å². The third kappa shape index (κ3) is 1.78. The molecule has 0 aliphatic carbocycles. The molecule has 1 heterocycles. The Morgan fingerprint density at radius 3 is 2.81 bits per heavy atom. The van der Waals surface area contributed by atoms with Crippen LogP contribution in [0.1, 0.15) is 12.5 Å². The van der Waals surface area contributed by atoms with Crippen LogP contribution in [0.2, 0.25) is 5.02 Å². The Kier molecular flexibility index (Phi) is 2.88. The SMILES string of the molecule is CCc1c(-c2cccc(Cl)c2)nn(C)c1N. The van der Waals surface area contributed by atoms with Gasteiger partial charge in [-0.2, -0.15) is 5.10 Å². The first-order chi connectivity index (χ1) is 7.63. The summed E-state index contributed by atoms with van der Waals surface area (Å²) in [5.74, 6) is 0.720. The number of halogens is 1. The van der Waals surface area contributed by atoms with Gasteiger partial charge in [-0.15, -0.1) is 0 Å². The molecule has 3 nitrogen and oxygen atoms in total. The molecule has 0 saturated heterocycles. The van der Waals surface area contributed by atoms with Crippen molar-refractivity contribution in [3.05, 3.63) is 34.9 Å². The maximum atomic E-state index is 5.97. The van der Waals surface area contributed by atoms with E-state index < -0.39 is 0 Å². The van der Waals surface area contributed by atoms with Crippen LogP contribution in [-0.2, 0) is 13.5 Å². The molecular weight excluding hydrogens is 222 g/mol. The molecule has 0 fully saturated rings. The molecule has 0 bridgehead atoms. The first-order valence-corrected chi connectivity index (χ1v) is 5.58. The Bertz CT molecular complexity index is 517. The van der Waals surface area contributed by atoms with E-state index in [-0.39, 0.29) is 0 Å². The summed E-state index contributed by atoms with van der Waals surface area (Å²) in [7, 11) is 1.85. The zero-order valence-electron chi connectivity index (χ0n) is 9.37. The number of nitrogens with two attached hydrogens (primary N) is 1. The molecule has 1 aromatic heterocycles. The van der Waals surface area contributed by atoms with Crippen molar-refractivity contribution in [1.82, 2.24) is 9.78 Å². The largest absolute Gasteiger partial charge is 0.384 e. The molecule has 0 amide bonds. The summed E-state index contributed by atoms with van der Waals surface area (Å²) in [6, 6.07) is 7.67. The highest BCUT2D eigenvalue weighted by Crippen LogP contribution is 2.28. The first kappa shape index (κ1) is 11.0. The molecule has 2 aromatic rings. The molecule has 0 spiro atoms. The highest BCUT2D eigenvalue weighted by atomic mass is 35.5. The van der Waals surface area contributed by atoms with Crippen molar-refractivity contribution in [2.45, 2.75) is 13.3 Å². The monoisotopic (exact) mass is 235 g/mol. The van der Waals surface area contributed by atoms with Gasteiger partial charge < -0.3 is 5.73 Å². The van der Waals surface area contributed by atoms with Crippen molar-refractivity contribution in [1.29, 1.82) is 0 Å². The normalized spacial score (nSPS) is 10.7. The van der Waals surface area contributed by atoms with E-state index in [1.54, 1.807) is 4.68 Å². The van der Waals surface area contributed by atoms with Crippen LogP contribution in [0.25, 0.3) is 11.3 Å². The quantitative estimate of drug-likeness (QED) is 0.870. The van der Waals surface area contributed by atoms with Crippen molar-refractivity contribution in [3.8, 4) is 11.3 Å². The molecule has 0 atom stereocenters. The average molecular weight is 236 g/mol. The van der Waals surface area contributed by atoms with Crippen LogP contribution in [0.15, 0.2) is 24.3 Å². The van der Waals surface area contributed by atoms with Gasteiger partial charge in [0.15, 0.2) is 0 Å². The summed E-state index contributed by atoms with van der Waals surface area (Å²) in [5.41, 5.74) is 8.96. The Hall–Kier alpha value is -1.48. The number of aromatic nitrogens is 2. The number of nitrogen functional groups attached to an aromatic ring is 1. The number of hydrogen-bond donors (Lipinski definition) is 1. The minimum atomic E-state index is 0.712. The fraction of sp³-hybridized carbons (Fsp3) is 0.250. The minimum absolute atomic E-state index is 0.712. The Balaban J connectivity index is 2.60. The summed E-state index contributed by atoms with van der Waals surface area (Å²) in [4.78, 5) is 0. The molecule has 0 radical (unpaired) electrons. The summed E-state index contributed by atoms with van der Waals surface area (Å²) in [5, 5.41) is 5.14. The lowest BCUT2D eigenvalue weighted by Gasteiger charge is -2.01. The summed E-state index contributed by atoms with van der Waals surface area (Å²) < 4.78 is 1.70. The number of anilines is 1. The van der Waals surface area contributed by atoms with Gasteiger partial charge in [0.05, 0.1) is 5.69 Å². The van der Waals surface area contributed by atoms with Crippen LogP contribution in [-0.4, -0.2) is 9.78 Å². The third-order valence-corrected chi connectivity index (χ3v) is 2.88. The van der Waals surface area contributed by atoms with Crippen LogP contribution >= 0.6 is 11.6 Å². The van der Waals surface area contributed by atoms with Crippen LogP contribution in [0.5, 0.6) is 0 Å². The molecule has 0 aliphatic heterocycles. The lowest BCUT2D eigenvalue weighted by atomic mass is 10.1. The standard InChI is InChI=1S/C12H14ClN3/c1-3-10-11(15-16(2)12(10)14)8-5-4-6-9(13)7-8/h4-7H,3,14H2,1-2H3. The molecular formula is C12H14ClN3. The Morgan fingerprint density at radius 2 is 2.19 bits per heavy atom. The van der Waals surface area contributed by atoms with E-state index in [0.717, 1.165) is 29.1 Å². The van der Waals surface area contributed by atoms with E-state index in [4.69, 9.17) is 17.3 Å². The predicted octanol–water partition coefficient (Wildman–Crippen LogP) is 2.89. The van der Waals surface area contributed by atoms with Crippen molar-refractivity contribution in [3.63, 3.8) is 0 Å². The fourth-order valence-corrected chi connectivity index (χ4v) is 1.99. The zero-order chi connectivity index (χ0) is 11.7. The van der Waals surface area contributed by atoms with Gasteiger partial charge in [0, 0.05) is 23.2 Å². The maximum absolute atomic E-state index is 5.97. The van der Waals surface area contributed by atoms with E-state index >= 15 is 0 Å². The molecule has 0 saturated carbocycles. The smallest absolute Gasteiger partial charge is 0.125 e. The van der Waals surface area contributed by atoms with Gasteiger partial charge in [0.1, 0.15) is 5.82 Å². The number of nitrogens with zero attached hydrogens (tertiary/aromatic N) is 2. The molecule has 0 unspecified atom stereocenters. The highest BCUT2D eigenvalue weighted by molar-refractivity contribution is 6.30. The fourth-order valence-electron chi connectivity index (χ4n) is 1.80. The van der Waals surface area contributed by atoms with Gasteiger partial charge in [-0.25, -0.2) is 0 Å². The molecule has 2 N–H and O–H groups in total. The van der Waals surface area contributed by atoms with Gasteiger partial charge in [0.2, 0.25) is 0 Å². The second-order valence-electron chi connectivity index (χ2n) is 3.70. The van der Waals surface area contributed by atoms with Crippen molar-refractivity contribution in [2.24, 2.45) is 7.05 Å². The van der Waals surface area contributed by atoms with Crippen molar-refractivity contribution >= 4 is 17.4 Å². The van der Waals surface area contributed by atoms with E-state index in [0.29, 0.717) is 5.02 Å². The molecule has 84 valence electrons. The van der Waals surface area contributed by atoms with Gasteiger partial charge in [-0.05, 0) is 18.6 Å². The van der Waals surface area contributed by atoms with E-state index in [9.17, 15) is 0 Å². The maximum Gasteiger partial charge on any atom is 0.125 e. The Morgan fingerprint density at radius 1 is 1.44 bits per heavy atom. The average Bonchev–Trinajstić information content (AvgIpc) is 2.55. The van der Waals surface area contributed by atoms with Crippen LogP contribution in [0.4, 0.5) is 5.82 Å². The van der Waals surface area contributed by atoms with E-state index in [2.05, 4.69) is 12.0 Å². The van der Waals surface area contributed by atoms with Crippen molar-refractivity contribution in [2.75, 3.05) is 5.73 Å². The number of hydrogen-bond acceptors (Lipinski definition) is 2. The molecule has 0 aliphatic rings. The summed E-state index contributed by atoms with van der Waals surface area (Å²) >= 11 is 5.97. The minimum Gasteiger partial charge on any atom is -0.384 e. The van der Waals surface area contributed by atoms with Gasteiger partial charge in [-0.1, -0.05) is 30.7 Å². The zero-order valence-corrected chi connectivity index (χ0v) is 10.1. The molecule has 1 aromatic carbocycles. The molecule has 4 heteroatoms. The second-order valence-corrected chi connectivity index (χ2v) is 4.14. The van der Waals surface area contributed by atoms with Crippen LogP contribution in [0, 0.1) is 0 Å². The van der Waals surface area contributed by atoms with Crippen molar-refractivity contribution < 1.29 is 0 Å². The highest BCUT2D eigenvalue weighted by Gasteiger charge is 2.13. The van der Waals surface area contributed by atoms with E-state index in [1.807, 2.05) is 31.3 Å². The molecule has 16 heavy (non-hydrogen) atoms. The predicted molar refractivity (Wildman–Crippen MR) is 67.4 cm³/mol. The molecule has 2 rings (SSSR count). The number of benzene rings is 1. The lowest BCUT2D eigenvalue weighted by molar-refractivity contribution is 0.781. The second kappa shape index (κ2) is 4.18. The summed E-state index contributed by atoms with van der Waals surface area (Å²) in [6.07, 6.45) is 0.863. The van der Waals surface area contributed by atoms with Crippen LogP contribution < -0.4 is 5.73 Å².